The van der Waals surface area contributed by atoms with Crippen molar-refractivity contribution in [3.63, 3.8) is 0 Å². The van der Waals surface area contributed by atoms with Gasteiger partial charge in [0.1, 0.15) is 6.04 Å². The standard InChI is InChI=1S/C14H14N4O3/c1-18-11-4-2-8(6-9(11)7-15-18)13(20)16-10-3-5-12(19)17-14(10)21/h2,4,6-7,10H,3,5H2,1H3,(H,16,20)(H,17,19,21). The summed E-state index contributed by atoms with van der Waals surface area (Å²) in [6, 6.07) is 4.55. The van der Waals surface area contributed by atoms with Crippen LogP contribution in [0.5, 0.6) is 0 Å². The molecule has 0 saturated carbocycles. The van der Waals surface area contributed by atoms with Crippen LogP contribution in [0.3, 0.4) is 0 Å². The van der Waals surface area contributed by atoms with Gasteiger partial charge in [0.15, 0.2) is 0 Å². The Labute approximate surface area is 120 Å². The van der Waals surface area contributed by atoms with Gasteiger partial charge in [0.25, 0.3) is 5.91 Å². The quantitative estimate of drug-likeness (QED) is 0.766. The minimum absolute atomic E-state index is 0.234. The number of aryl methyl sites for hydroxylation is 1. The van der Waals surface area contributed by atoms with Gasteiger partial charge in [-0.05, 0) is 24.6 Å². The van der Waals surface area contributed by atoms with Gasteiger partial charge < -0.3 is 5.32 Å². The molecule has 21 heavy (non-hydrogen) atoms. The summed E-state index contributed by atoms with van der Waals surface area (Å²) in [6.45, 7) is 0. The number of nitrogens with zero attached hydrogens (tertiary/aromatic N) is 2. The second kappa shape index (κ2) is 5.01. The van der Waals surface area contributed by atoms with Gasteiger partial charge in [-0.3, -0.25) is 24.4 Å². The number of piperidine rings is 1. The molecular formula is C14H14N4O3. The Hall–Kier alpha value is -2.70. The zero-order valence-electron chi connectivity index (χ0n) is 11.4. The van der Waals surface area contributed by atoms with Crippen LogP contribution in [0.4, 0.5) is 0 Å². The fraction of sp³-hybridized carbons (Fsp3) is 0.286. The molecule has 0 aliphatic carbocycles. The summed E-state index contributed by atoms with van der Waals surface area (Å²) in [5.74, 6) is -1.10. The summed E-state index contributed by atoms with van der Waals surface area (Å²) < 4.78 is 1.72. The zero-order valence-corrected chi connectivity index (χ0v) is 11.4. The zero-order chi connectivity index (χ0) is 15.0. The monoisotopic (exact) mass is 286 g/mol. The normalized spacial score (nSPS) is 18.6. The number of hydrogen-bond donors (Lipinski definition) is 2. The fourth-order valence-electron chi connectivity index (χ4n) is 2.38. The van der Waals surface area contributed by atoms with Crippen molar-refractivity contribution in [2.45, 2.75) is 18.9 Å². The van der Waals surface area contributed by atoms with E-state index in [2.05, 4.69) is 15.7 Å². The number of nitrogens with one attached hydrogen (secondary N) is 2. The molecule has 0 spiro atoms. The third kappa shape index (κ3) is 2.49. The average Bonchev–Trinajstić information content (AvgIpc) is 2.83. The predicted octanol–water partition coefficient (Wildman–Crippen LogP) is 0.108. The number of aromatic nitrogens is 2. The van der Waals surface area contributed by atoms with Crippen molar-refractivity contribution in [3.8, 4) is 0 Å². The number of imide groups is 1. The molecule has 3 amide bonds. The number of carbonyl (C=O) groups is 3. The molecule has 1 fully saturated rings. The fourth-order valence-corrected chi connectivity index (χ4v) is 2.38. The van der Waals surface area contributed by atoms with E-state index in [0.29, 0.717) is 12.0 Å². The van der Waals surface area contributed by atoms with Crippen LogP contribution in [0.1, 0.15) is 23.2 Å². The first-order valence-electron chi connectivity index (χ1n) is 6.61. The minimum atomic E-state index is -0.667. The van der Waals surface area contributed by atoms with E-state index in [1.54, 1.807) is 23.0 Å². The lowest BCUT2D eigenvalue weighted by atomic mass is 10.1. The molecule has 1 atom stereocenters. The summed E-state index contributed by atoms with van der Waals surface area (Å²) in [4.78, 5) is 34.9. The molecule has 0 radical (unpaired) electrons. The second-order valence-corrected chi connectivity index (χ2v) is 5.02. The van der Waals surface area contributed by atoms with Crippen LogP contribution in [0.2, 0.25) is 0 Å². The van der Waals surface area contributed by atoms with E-state index in [9.17, 15) is 14.4 Å². The highest BCUT2D eigenvalue weighted by atomic mass is 16.2. The molecule has 108 valence electrons. The van der Waals surface area contributed by atoms with Gasteiger partial charge >= 0.3 is 0 Å². The average molecular weight is 286 g/mol. The van der Waals surface area contributed by atoms with Crippen LogP contribution in [0.25, 0.3) is 10.9 Å². The Balaban J connectivity index is 1.77. The van der Waals surface area contributed by atoms with E-state index in [1.807, 2.05) is 13.1 Å². The van der Waals surface area contributed by atoms with Gasteiger partial charge in [-0.1, -0.05) is 0 Å². The second-order valence-electron chi connectivity index (χ2n) is 5.02. The van der Waals surface area contributed by atoms with Crippen LogP contribution in [0.15, 0.2) is 24.4 Å². The SMILES string of the molecule is Cn1ncc2cc(C(=O)NC3CCC(=O)NC3=O)ccc21. The van der Waals surface area contributed by atoms with Crippen molar-refractivity contribution in [3.05, 3.63) is 30.0 Å². The van der Waals surface area contributed by atoms with E-state index in [0.717, 1.165) is 10.9 Å². The number of amides is 3. The highest BCUT2D eigenvalue weighted by molar-refractivity contribution is 6.04. The van der Waals surface area contributed by atoms with Crippen molar-refractivity contribution >= 4 is 28.6 Å². The molecule has 7 heteroatoms. The Kier molecular flexibility index (Phi) is 3.17. The number of benzene rings is 1. The van der Waals surface area contributed by atoms with Crippen molar-refractivity contribution in [2.75, 3.05) is 0 Å². The first kappa shape index (κ1) is 13.3. The van der Waals surface area contributed by atoms with E-state index >= 15 is 0 Å². The van der Waals surface area contributed by atoms with Gasteiger partial charge in [-0.25, -0.2) is 0 Å². The minimum Gasteiger partial charge on any atom is -0.340 e. The Morgan fingerprint density at radius 1 is 1.43 bits per heavy atom. The Bertz CT molecular complexity index is 750. The molecule has 0 bridgehead atoms. The molecule has 1 aliphatic heterocycles. The predicted molar refractivity (Wildman–Crippen MR) is 74.4 cm³/mol. The molecule has 1 aromatic carbocycles. The van der Waals surface area contributed by atoms with Gasteiger partial charge in [-0.15, -0.1) is 0 Å². The lowest BCUT2D eigenvalue weighted by molar-refractivity contribution is -0.134. The summed E-state index contributed by atoms with van der Waals surface area (Å²) in [5.41, 5.74) is 1.38. The Morgan fingerprint density at radius 2 is 2.24 bits per heavy atom. The molecule has 1 aliphatic rings. The first-order valence-corrected chi connectivity index (χ1v) is 6.61. The van der Waals surface area contributed by atoms with E-state index in [4.69, 9.17) is 0 Å². The van der Waals surface area contributed by atoms with Crippen LogP contribution in [-0.4, -0.2) is 33.5 Å². The third-order valence-corrected chi connectivity index (χ3v) is 3.55. The van der Waals surface area contributed by atoms with Crippen LogP contribution in [-0.2, 0) is 16.6 Å². The molecule has 1 saturated heterocycles. The molecule has 2 N–H and O–H groups in total. The van der Waals surface area contributed by atoms with Crippen LogP contribution >= 0.6 is 0 Å². The van der Waals surface area contributed by atoms with Crippen molar-refractivity contribution in [1.29, 1.82) is 0 Å². The molecule has 2 aromatic rings. The van der Waals surface area contributed by atoms with E-state index < -0.39 is 11.9 Å². The number of hydrogen-bond acceptors (Lipinski definition) is 4. The van der Waals surface area contributed by atoms with Crippen LogP contribution < -0.4 is 10.6 Å². The van der Waals surface area contributed by atoms with Crippen molar-refractivity contribution in [2.24, 2.45) is 7.05 Å². The summed E-state index contributed by atoms with van der Waals surface area (Å²) in [7, 11) is 1.82. The summed E-state index contributed by atoms with van der Waals surface area (Å²) in [5, 5.41) is 9.83. The molecule has 3 rings (SSSR count). The number of carbonyl (C=O) groups excluding carboxylic acids is 3. The maximum atomic E-state index is 12.2. The summed E-state index contributed by atoms with van der Waals surface area (Å²) in [6.07, 6.45) is 2.24. The van der Waals surface area contributed by atoms with Gasteiger partial charge in [-0.2, -0.15) is 5.10 Å². The first-order chi connectivity index (χ1) is 10.0. The number of fused-ring (bicyclic) bond motifs is 1. The highest BCUT2D eigenvalue weighted by Crippen LogP contribution is 2.15. The Morgan fingerprint density at radius 3 is 3.00 bits per heavy atom. The lowest BCUT2D eigenvalue weighted by Gasteiger charge is -2.21. The van der Waals surface area contributed by atoms with Gasteiger partial charge in [0.2, 0.25) is 11.8 Å². The molecule has 7 nitrogen and oxygen atoms in total. The maximum Gasteiger partial charge on any atom is 0.251 e. The third-order valence-electron chi connectivity index (χ3n) is 3.55. The molecule has 1 unspecified atom stereocenters. The summed E-state index contributed by atoms with van der Waals surface area (Å²) >= 11 is 0. The van der Waals surface area contributed by atoms with Crippen molar-refractivity contribution in [1.82, 2.24) is 20.4 Å². The van der Waals surface area contributed by atoms with Gasteiger partial charge in [0, 0.05) is 24.4 Å². The van der Waals surface area contributed by atoms with Gasteiger partial charge in [0.05, 0.1) is 11.7 Å². The molecule has 2 heterocycles. The maximum absolute atomic E-state index is 12.2. The van der Waals surface area contributed by atoms with E-state index in [-0.39, 0.29) is 18.2 Å². The van der Waals surface area contributed by atoms with E-state index in [1.165, 1.54) is 0 Å². The topological polar surface area (TPSA) is 93.1 Å². The lowest BCUT2D eigenvalue weighted by Crippen LogP contribution is -2.52. The molecular weight excluding hydrogens is 272 g/mol. The molecule has 1 aromatic heterocycles. The van der Waals surface area contributed by atoms with Crippen molar-refractivity contribution < 1.29 is 14.4 Å². The smallest absolute Gasteiger partial charge is 0.251 e. The van der Waals surface area contributed by atoms with Crippen LogP contribution in [0, 0.1) is 0 Å². The largest absolute Gasteiger partial charge is 0.340 e. The highest BCUT2D eigenvalue weighted by Gasteiger charge is 2.28. The number of rotatable bonds is 2.